The van der Waals surface area contributed by atoms with Crippen LogP contribution in [0, 0.1) is 10.1 Å². The van der Waals surface area contributed by atoms with E-state index in [1.807, 2.05) is 0 Å². The summed E-state index contributed by atoms with van der Waals surface area (Å²) in [5, 5.41) is 54.2. The molecule has 5 N–H and O–H groups in total. The van der Waals surface area contributed by atoms with E-state index in [1.165, 1.54) is 0 Å². The highest BCUT2D eigenvalue weighted by atomic mass is 16.6. The summed E-state index contributed by atoms with van der Waals surface area (Å²) in [6.45, 7) is -1.76. The molecule has 84 valence electrons. The van der Waals surface area contributed by atoms with E-state index in [2.05, 4.69) is 0 Å². The van der Waals surface area contributed by atoms with Gasteiger partial charge in [-0.1, -0.05) is 0 Å². The van der Waals surface area contributed by atoms with Crippen LogP contribution in [0.1, 0.15) is 0 Å². The van der Waals surface area contributed by atoms with Crippen LogP contribution in [0.3, 0.4) is 0 Å². The standard InChI is InChI=1S/C6H13NO7/c8-2-4(10)6(12)5(11)3(9)1-7(13)14/h3-6,8-12H,1-2H2/t3-,4-,5+,6+/m0/s1. The summed E-state index contributed by atoms with van der Waals surface area (Å²) in [5.41, 5.74) is 0. The SMILES string of the molecule is O=[N+]([O-])C[C@H](O)[C@@H](O)[C@H](O)[C@@H](O)CO. The molecule has 0 aromatic rings. The molecule has 0 aromatic heterocycles. The smallest absolute Gasteiger partial charge is 0.232 e. The van der Waals surface area contributed by atoms with Gasteiger partial charge in [0.2, 0.25) is 6.54 Å². The second-order valence-electron chi connectivity index (χ2n) is 2.81. The lowest BCUT2D eigenvalue weighted by atomic mass is 10.0. The summed E-state index contributed by atoms with van der Waals surface area (Å²) < 4.78 is 0. The van der Waals surface area contributed by atoms with Crippen LogP contribution >= 0.6 is 0 Å². The van der Waals surface area contributed by atoms with Crippen LogP contribution in [0.5, 0.6) is 0 Å². The monoisotopic (exact) mass is 211 g/mol. The average Bonchev–Trinajstić information content (AvgIpc) is 2.13. The normalized spacial score (nSPS) is 19.8. The molecule has 0 spiro atoms. The van der Waals surface area contributed by atoms with Crippen molar-refractivity contribution in [3.63, 3.8) is 0 Å². The Bertz CT molecular complexity index is 187. The molecule has 0 saturated heterocycles. The van der Waals surface area contributed by atoms with Gasteiger partial charge in [0.1, 0.15) is 24.4 Å². The zero-order valence-electron chi connectivity index (χ0n) is 7.22. The lowest BCUT2D eigenvalue weighted by Gasteiger charge is -2.23. The van der Waals surface area contributed by atoms with Crippen LogP contribution in [-0.4, -0.2) is 68.0 Å². The number of hydrogen-bond acceptors (Lipinski definition) is 7. The fourth-order valence-electron chi connectivity index (χ4n) is 0.824. The number of hydrogen-bond donors (Lipinski definition) is 5. The number of nitro groups is 1. The maximum absolute atomic E-state index is 9.92. The minimum atomic E-state index is -1.87. The molecule has 0 aliphatic carbocycles. The molecule has 0 amide bonds. The molecule has 0 aliphatic heterocycles. The fourth-order valence-corrected chi connectivity index (χ4v) is 0.824. The van der Waals surface area contributed by atoms with Gasteiger partial charge in [-0.2, -0.15) is 0 Å². The second kappa shape index (κ2) is 5.83. The van der Waals surface area contributed by atoms with Crippen LogP contribution in [-0.2, 0) is 0 Å². The van der Waals surface area contributed by atoms with Crippen molar-refractivity contribution in [3.8, 4) is 0 Å². The van der Waals surface area contributed by atoms with Crippen molar-refractivity contribution < 1.29 is 30.5 Å². The lowest BCUT2D eigenvalue weighted by Crippen LogP contribution is -2.47. The molecule has 8 nitrogen and oxygen atoms in total. The third-order valence-corrected chi connectivity index (χ3v) is 1.66. The number of rotatable bonds is 6. The minimum absolute atomic E-state index is 0.816. The lowest BCUT2D eigenvalue weighted by molar-refractivity contribution is -0.493. The first kappa shape index (κ1) is 13.2. The predicted molar refractivity (Wildman–Crippen MR) is 43.0 cm³/mol. The van der Waals surface area contributed by atoms with Crippen LogP contribution < -0.4 is 0 Å². The van der Waals surface area contributed by atoms with Crippen molar-refractivity contribution in [2.24, 2.45) is 0 Å². The third kappa shape index (κ3) is 3.94. The summed E-state index contributed by atoms with van der Waals surface area (Å²) in [6, 6.07) is 0. The Morgan fingerprint density at radius 3 is 1.86 bits per heavy atom. The molecule has 0 fully saturated rings. The number of nitrogens with zero attached hydrogens (tertiary/aromatic N) is 1. The first-order valence-corrected chi connectivity index (χ1v) is 3.85. The molecule has 0 aromatic carbocycles. The second-order valence-corrected chi connectivity index (χ2v) is 2.81. The molecule has 0 heterocycles. The van der Waals surface area contributed by atoms with E-state index in [4.69, 9.17) is 25.5 Å². The van der Waals surface area contributed by atoms with Gasteiger partial charge >= 0.3 is 0 Å². The Kier molecular flexibility index (Phi) is 5.50. The van der Waals surface area contributed by atoms with Crippen LogP contribution in [0.25, 0.3) is 0 Å². The molecular weight excluding hydrogens is 198 g/mol. The van der Waals surface area contributed by atoms with Gasteiger partial charge in [0.05, 0.1) is 6.61 Å². The predicted octanol–water partition coefficient (Wildman–Crippen LogP) is -3.30. The van der Waals surface area contributed by atoms with Crippen LogP contribution in [0.2, 0.25) is 0 Å². The van der Waals surface area contributed by atoms with Gasteiger partial charge in [0.25, 0.3) is 0 Å². The topological polar surface area (TPSA) is 144 Å². The molecule has 0 aliphatic rings. The van der Waals surface area contributed by atoms with E-state index in [0.29, 0.717) is 0 Å². The molecule has 0 radical (unpaired) electrons. The van der Waals surface area contributed by atoms with Gasteiger partial charge in [0, 0.05) is 4.92 Å². The van der Waals surface area contributed by atoms with E-state index in [9.17, 15) is 10.1 Å². The van der Waals surface area contributed by atoms with E-state index in [1.54, 1.807) is 0 Å². The van der Waals surface area contributed by atoms with Gasteiger partial charge in [-0.15, -0.1) is 0 Å². The quantitative estimate of drug-likeness (QED) is 0.228. The Labute approximate surface area is 79.2 Å². The highest BCUT2D eigenvalue weighted by molar-refractivity contribution is 4.79. The van der Waals surface area contributed by atoms with E-state index in [0.717, 1.165) is 0 Å². The Morgan fingerprint density at radius 2 is 1.50 bits per heavy atom. The molecule has 14 heavy (non-hydrogen) atoms. The van der Waals surface area contributed by atoms with Crippen molar-refractivity contribution in [2.45, 2.75) is 24.4 Å². The first-order valence-electron chi connectivity index (χ1n) is 3.85. The zero-order valence-corrected chi connectivity index (χ0v) is 7.22. The maximum atomic E-state index is 9.92. The van der Waals surface area contributed by atoms with Gasteiger partial charge < -0.3 is 25.5 Å². The molecule has 0 unspecified atom stereocenters. The molecule has 0 saturated carbocycles. The van der Waals surface area contributed by atoms with Crippen LogP contribution in [0.4, 0.5) is 0 Å². The molecule has 8 heteroatoms. The van der Waals surface area contributed by atoms with Crippen molar-refractivity contribution in [3.05, 3.63) is 10.1 Å². The third-order valence-electron chi connectivity index (χ3n) is 1.66. The summed E-state index contributed by atoms with van der Waals surface area (Å²) in [7, 11) is 0. The highest BCUT2D eigenvalue weighted by Crippen LogP contribution is 2.05. The van der Waals surface area contributed by atoms with Crippen molar-refractivity contribution in [1.29, 1.82) is 0 Å². The molecule has 0 rings (SSSR count). The van der Waals surface area contributed by atoms with Gasteiger partial charge in [-0.3, -0.25) is 10.1 Å². The van der Waals surface area contributed by atoms with Crippen molar-refractivity contribution in [1.82, 2.24) is 0 Å². The first-order chi connectivity index (χ1) is 6.40. The highest BCUT2D eigenvalue weighted by Gasteiger charge is 2.32. The van der Waals surface area contributed by atoms with Gasteiger partial charge in [-0.25, -0.2) is 0 Å². The summed E-state index contributed by atoms with van der Waals surface area (Å²) >= 11 is 0. The minimum Gasteiger partial charge on any atom is -0.394 e. The van der Waals surface area contributed by atoms with Gasteiger partial charge in [-0.05, 0) is 0 Å². The Balaban J connectivity index is 4.15. The van der Waals surface area contributed by atoms with Crippen molar-refractivity contribution in [2.75, 3.05) is 13.2 Å². The molecular formula is C6H13NO7. The van der Waals surface area contributed by atoms with E-state index >= 15 is 0 Å². The maximum Gasteiger partial charge on any atom is 0.232 e. The van der Waals surface area contributed by atoms with Crippen LogP contribution in [0.15, 0.2) is 0 Å². The zero-order chi connectivity index (χ0) is 11.3. The molecule has 0 bridgehead atoms. The van der Waals surface area contributed by atoms with E-state index < -0.39 is 42.5 Å². The van der Waals surface area contributed by atoms with Crippen molar-refractivity contribution >= 4 is 0 Å². The molecule has 4 atom stereocenters. The Morgan fingerprint density at radius 1 is 1.07 bits per heavy atom. The van der Waals surface area contributed by atoms with E-state index in [-0.39, 0.29) is 0 Å². The summed E-state index contributed by atoms with van der Waals surface area (Å²) in [6.07, 6.45) is -7.13. The average molecular weight is 211 g/mol. The summed E-state index contributed by atoms with van der Waals surface area (Å²) in [5.74, 6) is 0. The number of aliphatic hydroxyl groups excluding tert-OH is 5. The number of aliphatic hydroxyl groups is 5. The Hall–Kier alpha value is -0.800. The fraction of sp³-hybridized carbons (Fsp3) is 1.00. The largest absolute Gasteiger partial charge is 0.394 e. The summed E-state index contributed by atoms with van der Waals surface area (Å²) in [4.78, 5) is 9.05. The van der Waals surface area contributed by atoms with Gasteiger partial charge in [0.15, 0.2) is 0 Å².